The number of carbonyl (C=O) groups excluding carboxylic acids is 1. The van der Waals surface area contributed by atoms with Crippen molar-refractivity contribution in [3.63, 3.8) is 0 Å². The van der Waals surface area contributed by atoms with Gasteiger partial charge >= 0.3 is 0 Å². The number of H-pyrrole nitrogens is 1. The highest BCUT2D eigenvalue weighted by molar-refractivity contribution is 6.43. The number of primary amides is 1. The lowest BCUT2D eigenvalue weighted by atomic mass is 10.0. The van der Waals surface area contributed by atoms with Crippen LogP contribution in [0.15, 0.2) is 18.3 Å². The van der Waals surface area contributed by atoms with Crippen molar-refractivity contribution in [2.24, 2.45) is 18.5 Å². The van der Waals surface area contributed by atoms with Gasteiger partial charge in [0.25, 0.3) is 5.91 Å². The number of benzene rings is 1. The molecule has 1 aliphatic heterocycles. The van der Waals surface area contributed by atoms with Gasteiger partial charge in [0.15, 0.2) is 0 Å². The molecule has 3 aromatic heterocycles. The Morgan fingerprint density at radius 3 is 2.75 bits per heavy atom. The summed E-state index contributed by atoms with van der Waals surface area (Å²) in [5, 5.41) is 6.12. The van der Waals surface area contributed by atoms with Crippen molar-refractivity contribution >= 4 is 57.0 Å². The fraction of sp³-hybridized carbons (Fsp3) is 0.300. The van der Waals surface area contributed by atoms with E-state index in [-0.39, 0.29) is 18.2 Å². The second kappa shape index (κ2) is 7.58. The molecule has 0 bridgehead atoms. The summed E-state index contributed by atoms with van der Waals surface area (Å²) in [5.41, 5.74) is 13.7. The van der Waals surface area contributed by atoms with Gasteiger partial charge in [0, 0.05) is 37.0 Å². The fourth-order valence-electron chi connectivity index (χ4n) is 4.08. The van der Waals surface area contributed by atoms with E-state index in [1.807, 2.05) is 0 Å². The van der Waals surface area contributed by atoms with Crippen LogP contribution in [0.1, 0.15) is 16.9 Å². The van der Waals surface area contributed by atoms with E-state index in [1.165, 1.54) is 4.68 Å². The minimum atomic E-state index is -1.21. The third kappa shape index (κ3) is 3.17. The van der Waals surface area contributed by atoms with Crippen LogP contribution in [0.25, 0.3) is 33.1 Å². The normalized spacial score (nSPS) is 19.2. The van der Waals surface area contributed by atoms with Crippen LogP contribution in [0.4, 0.5) is 10.3 Å². The van der Waals surface area contributed by atoms with Gasteiger partial charge in [-0.25, -0.2) is 9.37 Å². The van der Waals surface area contributed by atoms with Gasteiger partial charge in [-0.05, 0) is 12.5 Å². The Morgan fingerprint density at radius 1 is 1.25 bits per heavy atom. The first-order valence-corrected chi connectivity index (χ1v) is 10.7. The molecule has 32 heavy (non-hydrogen) atoms. The molecule has 2 atom stereocenters. The van der Waals surface area contributed by atoms with Gasteiger partial charge in [-0.15, -0.1) is 0 Å². The lowest BCUT2D eigenvalue weighted by Crippen LogP contribution is -2.49. The first-order chi connectivity index (χ1) is 15.3. The molecule has 9 nitrogen and oxygen atoms in total. The maximum atomic E-state index is 14.2. The summed E-state index contributed by atoms with van der Waals surface area (Å²) in [4.78, 5) is 26.0. The number of alkyl halides is 1. The number of amides is 1. The highest BCUT2D eigenvalue weighted by Gasteiger charge is 2.29. The molecule has 0 spiro atoms. The van der Waals surface area contributed by atoms with E-state index < -0.39 is 18.1 Å². The van der Waals surface area contributed by atoms with Crippen molar-refractivity contribution in [2.45, 2.75) is 18.6 Å². The number of anilines is 1. The molecule has 0 unspecified atom stereocenters. The minimum absolute atomic E-state index is 0.0139. The predicted molar refractivity (Wildman–Crippen MR) is 122 cm³/mol. The zero-order chi connectivity index (χ0) is 22.7. The number of nitrogens with one attached hydrogen (secondary N) is 1. The third-order valence-electron chi connectivity index (χ3n) is 5.79. The van der Waals surface area contributed by atoms with Crippen molar-refractivity contribution < 1.29 is 9.18 Å². The van der Waals surface area contributed by atoms with Crippen LogP contribution in [0.5, 0.6) is 0 Å². The Kier molecular flexibility index (Phi) is 4.95. The fourth-order valence-corrected chi connectivity index (χ4v) is 4.71. The van der Waals surface area contributed by atoms with Gasteiger partial charge in [0.1, 0.15) is 22.7 Å². The third-order valence-corrected chi connectivity index (χ3v) is 6.61. The number of fused-ring (bicyclic) bond motifs is 2. The second-order valence-corrected chi connectivity index (χ2v) is 8.55. The van der Waals surface area contributed by atoms with E-state index in [1.54, 1.807) is 30.3 Å². The van der Waals surface area contributed by atoms with Crippen molar-refractivity contribution in [1.82, 2.24) is 24.7 Å². The first-order valence-electron chi connectivity index (χ1n) is 9.91. The molecule has 5 N–H and O–H groups in total. The molecule has 166 valence electrons. The number of piperidine rings is 1. The number of hydrogen-bond donors (Lipinski definition) is 3. The van der Waals surface area contributed by atoms with Crippen LogP contribution in [0.3, 0.4) is 0 Å². The molecule has 4 heterocycles. The van der Waals surface area contributed by atoms with Crippen LogP contribution < -0.4 is 16.4 Å². The van der Waals surface area contributed by atoms with E-state index >= 15 is 0 Å². The maximum Gasteiger partial charge on any atom is 0.268 e. The predicted octanol–water partition coefficient (Wildman–Crippen LogP) is 2.79. The molecule has 12 heteroatoms. The number of halogens is 3. The molecule has 0 aliphatic carbocycles. The van der Waals surface area contributed by atoms with Crippen LogP contribution in [0, 0.1) is 0 Å². The molecule has 0 saturated carbocycles. The summed E-state index contributed by atoms with van der Waals surface area (Å²) in [6.07, 6.45) is 0.914. The standard InChI is InChI=1S/C20H19Cl2FN8O/c1-30-17(22)14-12(29-30)3-2-8(15(14)21)9-6-26-19-13(9)16(18(25)32)27-20(28-19)31-5-4-11(24)10(23)7-31/h2-3,6,10-11H,4-5,7,24H2,1H3,(H2,25,32)(H,26,27,28)/t10-,11-/m1/s1. The molecular weight excluding hydrogens is 458 g/mol. The number of aromatic nitrogens is 5. The SMILES string of the molecule is Cn1nc2ccc(-c3c[nH]c4nc(N5CC[C@@H](N)[C@H](F)C5)nc(C(N)=O)c34)c(Cl)c2c1Cl. The second-order valence-electron chi connectivity index (χ2n) is 7.81. The first kappa shape index (κ1) is 20.9. The average molecular weight is 477 g/mol. The molecular formula is C20H19Cl2FN8O. The highest BCUT2D eigenvalue weighted by Crippen LogP contribution is 2.40. The molecule has 1 aliphatic rings. The summed E-state index contributed by atoms with van der Waals surface area (Å²) in [6.45, 7) is 0.515. The van der Waals surface area contributed by atoms with E-state index in [4.69, 9.17) is 34.7 Å². The van der Waals surface area contributed by atoms with Crippen LogP contribution in [-0.4, -0.2) is 55.9 Å². The van der Waals surface area contributed by atoms with E-state index in [9.17, 15) is 9.18 Å². The molecule has 4 aromatic rings. The topological polar surface area (TPSA) is 132 Å². The number of rotatable bonds is 3. The largest absolute Gasteiger partial charge is 0.364 e. The number of nitrogens with two attached hydrogens (primary N) is 2. The molecule has 1 saturated heterocycles. The van der Waals surface area contributed by atoms with Crippen molar-refractivity contribution in [2.75, 3.05) is 18.0 Å². The Morgan fingerprint density at radius 2 is 2.03 bits per heavy atom. The number of hydrogen-bond acceptors (Lipinski definition) is 6. The monoisotopic (exact) mass is 476 g/mol. The molecule has 1 aromatic carbocycles. The molecule has 1 fully saturated rings. The number of aryl methyl sites for hydroxylation is 1. The van der Waals surface area contributed by atoms with Crippen molar-refractivity contribution in [3.05, 3.63) is 34.2 Å². The van der Waals surface area contributed by atoms with E-state index in [0.717, 1.165) is 0 Å². The quantitative estimate of drug-likeness (QED) is 0.416. The Labute approximate surface area is 191 Å². The lowest BCUT2D eigenvalue weighted by molar-refractivity contribution is 0.0997. The summed E-state index contributed by atoms with van der Waals surface area (Å²) in [6, 6.07) is 3.05. The van der Waals surface area contributed by atoms with Gasteiger partial charge < -0.3 is 21.4 Å². The Bertz CT molecular complexity index is 1380. The van der Waals surface area contributed by atoms with Crippen LogP contribution >= 0.6 is 23.2 Å². The zero-order valence-corrected chi connectivity index (χ0v) is 18.5. The zero-order valence-electron chi connectivity index (χ0n) is 16.9. The Hall–Kier alpha value is -2.95. The average Bonchev–Trinajstić information content (AvgIpc) is 3.30. The number of nitrogens with zero attached hydrogens (tertiary/aromatic N) is 5. The van der Waals surface area contributed by atoms with Crippen LogP contribution in [-0.2, 0) is 7.05 Å². The summed E-state index contributed by atoms with van der Waals surface area (Å²) in [7, 11) is 1.72. The van der Waals surface area contributed by atoms with Crippen molar-refractivity contribution in [3.8, 4) is 11.1 Å². The molecule has 0 radical (unpaired) electrons. The van der Waals surface area contributed by atoms with Gasteiger partial charge in [-0.1, -0.05) is 29.3 Å². The molecule has 1 amide bonds. The van der Waals surface area contributed by atoms with Crippen LogP contribution in [0.2, 0.25) is 10.2 Å². The van der Waals surface area contributed by atoms with Crippen molar-refractivity contribution in [1.29, 1.82) is 0 Å². The minimum Gasteiger partial charge on any atom is -0.364 e. The van der Waals surface area contributed by atoms with Gasteiger partial charge in [0.05, 0.1) is 27.9 Å². The summed E-state index contributed by atoms with van der Waals surface area (Å²) >= 11 is 13.1. The molecule has 5 rings (SSSR count). The van der Waals surface area contributed by atoms with E-state index in [2.05, 4.69) is 20.1 Å². The van der Waals surface area contributed by atoms with Gasteiger partial charge in [-0.3, -0.25) is 9.48 Å². The maximum absolute atomic E-state index is 14.2. The number of aromatic amines is 1. The summed E-state index contributed by atoms with van der Waals surface area (Å²) < 4.78 is 15.7. The smallest absolute Gasteiger partial charge is 0.268 e. The van der Waals surface area contributed by atoms with Gasteiger partial charge in [0.2, 0.25) is 5.95 Å². The highest BCUT2D eigenvalue weighted by atomic mass is 35.5. The lowest BCUT2D eigenvalue weighted by Gasteiger charge is -2.32. The van der Waals surface area contributed by atoms with Gasteiger partial charge in [-0.2, -0.15) is 10.1 Å². The Balaban J connectivity index is 1.68. The number of carbonyl (C=O) groups is 1. The summed E-state index contributed by atoms with van der Waals surface area (Å²) in [5.74, 6) is -0.521. The van der Waals surface area contributed by atoms with E-state index in [0.29, 0.717) is 56.2 Å².